The van der Waals surface area contributed by atoms with Crippen molar-refractivity contribution in [2.45, 2.75) is 6.10 Å². The van der Waals surface area contributed by atoms with Gasteiger partial charge in [0.05, 0.1) is 5.56 Å². The Morgan fingerprint density at radius 3 is 2.38 bits per heavy atom. The van der Waals surface area contributed by atoms with Crippen molar-refractivity contribution >= 4 is 28.5 Å². The second-order valence-corrected chi connectivity index (χ2v) is 6.84. The average molecular weight is 407 g/mol. The highest BCUT2D eigenvalue weighted by atomic mass is 35.5. The molecule has 29 heavy (non-hydrogen) atoms. The SMILES string of the molecule is O=C(O)[C@@H](Oc1ccc2cc(-c3ccc(Cl)cc3)c(=O)oc2c1)c1ccccc1. The molecular weight excluding hydrogens is 392 g/mol. The van der Waals surface area contributed by atoms with Gasteiger partial charge in [0.1, 0.15) is 11.3 Å². The molecule has 144 valence electrons. The first kappa shape index (κ1) is 18.8. The van der Waals surface area contributed by atoms with Crippen molar-refractivity contribution in [1.82, 2.24) is 0 Å². The first-order chi connectivity index (χ1) is 14.0. The minimum Gasteiger partial charge on any atom is -0.478 e. The van der Waals surface area contributed by atoms with Crippen molar-refractivity contribution in [3.05, 3.63) is 99.9 Å². The summed E-state index contributed by atoms with van der Waals surface area (Å²) in [6.45, 7) is 0. The van der Waals surface area contributed by atoms with Gasteiger partial charge in [-0.1, -0.05) is 54.1 Å². The van der Waals surface area contributed by atoms with Crippen LogP contribution in [0, 0.1) is 0 Å². The van der Waals surface area contributed by atoms with Crippen molar-refractivity contribution in [3.63, 3.8) is 0 Å². The molecule has 0 aliphatic carbocycles. The second kappa shape index (κ2) is 7.81. The van der Waals surface area contributed by atoms with Gasteiger partial charge in [-0.05, 0) is 35.9 Å². The fourth-order valence-corrected chi connectivity index (χ4v) is 3.15. The molecule has 0 fully saturated rings. The van der Waals surface area contributed by atoms with Crippen molar-refractivity contribution in [3.8, 4) is 16.9 Å². The maximum Gasteiger partial charge on any atom is 0.349 e. The molecular formula is C23H15ClO5. The van der Waals surface area contributed by atoms with E-state index in [1.54, 1.807) is 72.8 Å². The molecule has 1 atom stereocenters. The van der Waals surface area contributed by atoms with Crippen LogP contribution in [0.4, 0.5) is 0 Å². The molecule has 0 aliphatic heterocycles. The molecule has 0 unspecified atom stereocenters. The van der Waals surface area contributed by atoms with Crippen molar-refractivity contribution in [1.29, 1.82) is 0 Å². The summed E-state index contributed by atoms with van der Waals surface area (Å²) in [4.78, 5) is 24.1. The van der Waals surface area contributed by atoms with Crippen LogP contribution < -0.4 is 10.4 Å². The lowest BCUT2D eigenvalue weighted by Crippen LogP contribution is -2.18. The van der Waals surface area contributed by atoms with Crippen LogP contribution in [-0.4, -0.2) is 11.1 Å². The number of hydrogen-bond acceptors (Lipinski definition) is 4. The Bertz CT molecular complexity index is 1230. The Hall–Kier alpha value is -3.57. The number of carbonyl (C=O) groups is 1. The lowest BCUT2D eigenvalue weighted by atomic mass is 10.1. The maximum absolute atomic E-state index is 12.4. The third-order valence-electron chi connectivity index (χ3n) is 4.44. The van der Waals surface area contributed by atoms with Crippen molar-refractivity contribution in [2.24, 2.45) is 0 Å². The summed E-state index contributed by atoms with van der Waals surface area (Å²) < 4.78 is 11.1. The lowest BCUT2D eigenvalue weighted by Gasteiger charge is -2.15. The van der Waals surface area contributed by atoms with Crippen LogP contribution in [0.3, 0.4) is 0 Å². The summed E-state index contributed by atoms with van der Waals surface area (Å²) in [5.74, 6) is -0.827. The van der Waals surface area contributed by atoms with Crippen LogP contribution in [0.1, 0.15) is 11.7 Å². The molecule has 3 aromatic carbocycles. The fraction of sp³-hybridized carbons (Fsp3) is 0.0435. The molecule has 0 radical (unpaired) electrons. The highest BCUT2D eigenvalue weighted by Crippen LogP contribution is 2.28. The second-order valence-electron chi connectivity index (χ2n) is 6.40. The minimum absolute atomic E-state index is 0.288. The molecule has 4 rings (SSSR count). The number of halogens is 1. The third kappa shape index (κ3) is 4.00. The first-order valence-electron chi connectivity index (χ1n) is 8.79. The van der Waals surface area contributed by atoms with Gasteiger partial charge in [-0.25, -0.2) is 9.59 Å². The number of benzene rings is 3. The summed E-state index contributed by atoms with van der Waals surface area (Å²) in [6, 6.07) is 22.1. The average Bonchev–Trinajstić information content (AvgIpc) is 2.72. The van der Waals surface area contributed by atoms with Gasteiger partial charge in [0.2, 0.25) is 6.10 Å². The van der Waals surface area contributed by atoms with E-state index < -0.39 is 17.7 Å². The molecule has 0 bridgehead atoms. The summed E-state index contributed by atoms with van der Waals surface area (Å²) in [5, 5.41) is 10.8. The molecule has 0 spiro atoms. The largest absolute Gasteiger partial charge is 0.478 e. The number of ether oxygens (including phenoxy) is 1. The van der Waals surface area contributed by atoms with Gasteiger partial charge in [-0.15, -0.1) is 0 Å². The maximum atomic E-state index is 12.4. The normalized spacial score (nSPS) is 11.9. The van der Waals surface area contributed by atoms with Gasteiger partial charge in [-0.3, -0.25) is 0 Å². The van der Waals surface area contributed by atoms with Crippen LogP contribution in [0.25, 0.3) is 22.1 Å². The molecule has 0 saturated carbocycles. The van der Waals surface area contributed by atoms with E-state index >= 15 is 0 Å². The molecule has 1 heterocycles. The Labute approximate surface area is 170 Å². The molecule has 5 nitrogen and oxygen atoms in total. The zero-order chi connectivity index (χ0) is 20.4. The van der Waals surface area contributed by atoms with Crippen LogP contribution in [0.15, 0.2) is 88.1 Å². The minimum atomic E-state index is -1.17. The van der Waals surface area contributed by atoms with Gasteiger partial charge in [0, 0.05) is 22.0 Å². The highest BCUT2D eigenvalue weighted by molar-refractivity contribution is 6.30. The smallest absolute Gasteiger partial charge is 0.349 e. The van der Waals surface area contributed by atoms with Gasteiger partial charge in [0.25, 0.3) is 0 Å². The molecule has 4 aromatic rings. The number of fused-ring (bicyclic) bond motifs is 1. The summed E-state index contributed by atoms with van der Waals surface area (Å²) in [7, 11) is 0. The number of carboxylic acids is 1. The fourth-order valence-electron chi connectivity index (χ4n) is 3.02. The topological polar surface area (TPSA) is 76.7 Å². The van der Waals surface area contributed by atoms with E-state index in [4.69, 9.17) is 20.8 Å². The Balaban J connectivity index is 1.69. The van der Waals surface area contributed by atoms with E-state index in [2.05, 4.69) is 0 Å². The zero-order valence-corrected chi connectivity index (χ0v) is 15.8. The zero-order valence-electron chi connectivity index (χ0n) is 15.0. The van der Waals surface area contributed by atoms with Crippen molar-refractivity contribution < 1.29 is 19.1 Å². The number of carboxylic acid groups (broad SMARTS) is 1. The van der Waals surface area contributed by atoms with E-state index in [0.29, 0.717) is 32.7 Å². The van der Waals surface area contributed by atoms with Crippen LogP contribution in [0.2, 0.25) is 5.02 Å². The Kier molecular flexibility index (Phi) is 5.06. The number of hydrogen-bond donors (Lipinski definition) is 1. The Morgan fingerprint density at radius 2 is 1.69 bits per heavy atom. The predicted molar refractivity (Wildman–Crippen MR) is 110 cm³/mol. The summed E-state index contributed by atoms with van der Waals surface area (Å²) in [5.41, 5.74) is 1.42. The van der Waals surface area contributed by atoms with Crippen LogP contribution in [0.5, 0.6) is 5.75 Å². The van der Waals surface area contributed by atoms with E-state index in [-0.39, 0.29) is 5.75 Å². The van der Waals surface area contributed by atoms with Gasteiger partial charge in [-0.2, -0.15) is 0 Å². The summed E-state index contributed by atoms with van der Waals surface area (Å²) >= 11 is 5.90. The van der Waals surface area contributed by atoms with Gasteiger partial charge < -0.3 is 14.3 Å². The molecule has 0 saturated heterocycles. The van der Waals surface area contributed by atoms with Gasteiger partial charge >= 0.3 is 11.6 Å². The van der Waals surface area contributed by atoms with E-state index in [0.717, 1.165) is 0 Å². The lowest BCUT2D eigenvalue weighted by molar-refractivity contribution is -0.145. The van der Waals surface area contributed by atoms with Crippen LogP contribution in [-0.2, 0) is 4.79 Å². The van der Waals surface area contributed by atoms with Crippen LogP contribution >= 0.6 is 11.6 Å². The van der Waals surface area contributed by atoms with Crippen molar-refractivity contribution in [2.75, 3.05) is 0 Å². The molecule has 1 N–H and O–H groups in total. The highest BCUT2D eigenvalue weighted by Gasteiger charge is 2.22. The van der Waals surface area contributed by atoms with E-state index in [1.807, 2.05) is 0 Å². The molecule has 0 amide bonds. The molecule has 6 heteroatoms. The first-order valence-corrected chi connectivity index (χ1v) is 9.17. The molecule has 0 aliphatic rings. The van der Waals surface area contributed by atoms with Gasteiger partial charge in [0.15, 0.2) is 0 Å². The third-order valence-corrected chi connectivity index (χ3v) is 4.70. The predicted octanol–water partition coefficient (Wildman–Crippen LogP) is 5.32. The molecule has 1 aromatic heterocycles. The monoisotopic (exact) mass is 406 g/mol. The quantitative estimate of drug-likeness (QED) is 0.454. The Morgan fingerprint density at radius 1 is 0.966 bits per heavy atom. The standard InChI is InChI=1S/C23H15ClO5/c24-17-9-6-14(7-10-17)19-12-16-8-11-18(13-20(16)29-23(19)27)28-21(22(25)26)15-4-2-1-3-5-15/h1-13,21H,(H,25,26)/t21-/m0/s1. The van der Waals surface area contributed by atoms with E-state index in [1.165, 1.54) is 6.07 Å². The van der Waals surface area contributed by atoms with E-state index in [9.17, 15) is 14.7 Å². The number of rotatable bonds is 5. The summed E-state index contributed by atoms with van der Waals surface area (Å²) in [6.07, 6.45) is -1.17. The number of aliphatic carboxylic acids is 1.